The fourth-order valence-electron chi connectivity index (χ4n) is 2.88. The van der Waals surface area contributed by atoms with Gasteiger partial charge in [0, 0.05) is 28.5 Å². The number of ketones is 1. The maximum atomic E-state index is 12.5. The van der Waals surface area contributed by atoms with Gasteiger partial charge in [-0.05, 0) is 24.6 Å². The molecule has 0 aliphatic heterocycles. The van der Waals surface area contributed by atoms with Gasteiger partial charge >= 0.3 is 0 Å². The summed E-state index contributed by atoms with van der Waals surface area (Å²) in [4.78, 5) is 17.1. The second-order valence-electron chi connectivity index (χ2n) is 5.36. The summed E-state index contributed by atoms with van der Waals surface area (Å²) in [5.41, 5.74) is 6.52. The largest absolute Gasteiger partial charge is 0.289 e. The molecule has 0 unspecified atom stereocenters. The molecule has 0 saturated heterocycles. The van der Waals surface area contributed by atoms with Crippen molar-refractivity contribution in [3.8, 4) is 22.4 Å². The number of aryl methyl sites for hydroxylation is 1. The highest BCUT2D eigenvalue weighted by Gasteiger charge is 2.26. The number of aromatic nitrogens is 1. The van der Waals surface area contributed by atoms with Gasteiger partial charge in [-0.15, -0.1) is 0 Å². The van der Waals surface area contributed by atoms with E-state index in [1.165, 1.54) is 5.56 Å². The average Bonchev–Trinajstić information content (AvgIpc) is 2.81. The highest BCUT2D eigenvalue weighted by Crippen LogP contribution is 2.37. The summed E-state index contributed by atoms with van der Waals surface area (Å²) in [7, 11) is 0. The topological polar surface area (TPSA) is 30.0 Å². The normalized spacial score (nSPS) is 12.1. The maximum Gasteiger partial charge on any atom is 0.194 e. The molecule has 1 heterocycles. The molecule has 0 radical (unpaired) electrons. The third kappa shape index (κ3) is 1.80. The molecule has 0 atom stereocenters. The average molecular weight is 271 g/mol. The third-order valence-electron chi connectivity index (χ3n) is 3.92. The Balaban J connectivity index is 1.89. The fourth-order valence-corrected chi connectivity index (χ4v) is 2.88. The predicted octanol–water partition coefficient (Wildman–Crippen LogP) is 4.27. The number of nitrogens with zero attached hydrogens (tertiary/aromatic N) is 1. The highest BCUT2D eigenvalue weighted by molar-refractivity contribution is 6.21. The minimum atomic E-state index is 0.0944. The van der Waals surface area contributed by atoms with Gasteiger partial charge in [0.05, 0.1) is 5.69 Å². The molecule has 21 heavy (non-hydrogen) atoms. The molecule has 0 bridgehead atoms. The molecule has 2 nitrogen and oxygen atoms in total. The zero-order valence-corrected chi connectivity index (χ0v) is 11.6. The van der Waals surface area contributed by atoms with E-state index in [2.05, 4.69) is 24.0 Å². The van der Waals surface area contributed by atoms with Crippen LogP contribution < -0.4 is 0 Å². The molecule has 0 amide bonds. The SMILES string of the molecule is Cc1cccc(-c2cc3c(cn2)-c2ccccc2C3=O)c1. The van der Waals surface area contributed by atoms with Gasteiger partial charge in [0.1, 0.15) is 0 Å². The minimum absolute atomic E-state index is 0.0944. The van der Waals surface area contributed by atoms with Crippen molar-refractivity contribution in [2.75, 3.05) is 0 Å². The van der Waals surface area contributed by atoms with Crippen molar-refractivity contribution in [2.45, 2.75) is 6.92 Å². The van der Waals surface area contributed by atoms with Gasteiger partial charge in [0.15, 0.2) is 5.78 Å². The molecular formula is C19H13NO. The number of benzene rings is 2. The Labute approximate surface area is 123 Å². The van der Waals surface area contributed by atoms with Crippen LogP contribution in [0.15, 0.2) is 60.8 Å². The Morgan fingerprint density at radius 1 is 0.810 bits per heavy atom. The standard InChI is InChI=1S/C19H13NO/c1-12-5-4-6-13(9-12)18-10-16-17(11-20-18)14-7-2-3-8-15(14)19(16)21/h2-11H,1H3. The van der Waals surface area contributed by atoms with Gasteiger partial charge in [-0.1, -0.05) is 48.0 Å². The maximum absolute atomic E-state index is 12.5. The molecule has 1 aliphatic rings. The van der Waals surface area contributed by atoms with E-state index in [0.717, 1.165) is 33.5 Å². The number of rotatable bonds is 1. The van der Waals surface area contributed by atoms with Crippen LogP contribution in [0.25, 0.3) is 22.4 Å². The number of carbonyl (C=O) groups excluding carboxylic acids is 1. The van der Waals surface area contributed by atoms with Gasteiger partial charge in [-0.3, -0.25) is 9.78 Å². The Bertz CT molecular complexity index is 880. The zero-order chi connectivity index (χ0) is 14.4. The van der Waals surface area contributed by atoms with Crippen molar-refractivity contribution in [3.05, 3.63) is 77.5 Å². The molecular weight excluding hydrogens is 258 g/mol. The van der Waals surface area contributed by atoms with Crippen molar-refractivity contribution in [1.82, 2.24) is 4.98 Å². The lowest BCUT2D eigenvalue weighted by Gasteiger charge is -2.05. The van der Waals surface area contributed by atoms with E-state index in [0.29, 0.717) is 0 Å². The lowest BCUT2D eigenvalue weighted by Crippen LogP contribution is -1.96. The fraction of sp³-hybridized carbons (Fsp3) is 0.0526. The lowest BCUT2D eigenvalue weighted by atomic mass is 10.0. The first-order valence-corrected chi connectivity index (χ1v) is 6.95. The van der Waals surface area contributed by atoms with E-state index < -0.39 is 0 Å². The molecule has 0 saturated carbocycles. The summed E-state index contributed by atoms with van der Waals surface area (Å²) in [6.07, 6.45) is 1.82. The van der Waals surface area contributed by atoms with Crippen molar-refractivity contribution >= 4 is 5.78 Å². The Morgan fingerprint density at radius 3 is 2.43 bits per heavy atom. The third-order valence-corrected chi connectivity index (χ3v) is 3.92. The van der Waals surface area contributed by atoms with Gasteiger partial charge < -0.3 is 0 Å². The van der Waals surface area contributed by atoms with E-state index in [1.807, 2.05) is 48.7 Å². The van der Waals surface area contributed by atoms with Crippen LogP contribution in [0, 0.1) is 6.92 Å². The summed E-state index contributed by atoms with van der Waals surface area (Å²) in [6, 6.07) is 17.8. The summed E-state index contributed by atoms with van der Waals surface area (Å²) in [6.45, 7) is 2.05. The van der Waals surface area contributed by atoms with Crippen LogP contribution in [-0.2, 0) is 0 Å². The lowest BCUT2D eigenvalue weighted by molar-refractivity contribution is 0.104. The predicted molar refractivity (Wildman–Crippen MR) is 83.3 cm³/mol. The van der Waals surface area contributed by atoms with Crippen LogP contribution in [0.4, 0.5) is 0 Å². The van der Waals surface area contributed by atoms with E-state index in [9.17, 15) is 4.79 Å². The Hall–Kier alpha value is -2.74. The van der Waals surface area contributed by atoms with E-state index in [4.69, 9.17) is 0 Å². The Morgan fingerprint density at radius 2 is 1.62 bits per heavy atom. The molecule has 100 valence electrons. The first kappa shape index (κ1) is 12.0. The van der Waals surface area contributed by atoms with Crippen molar-refractivity contribution in [3.63, 3.8) is 0 Å². The summed E-state index contributed by atoms with van der Waals surface area (Å²) in [5, 5.41) is 0. The molecule has 3 aromatic rings. The van der Waals surface area contributed by atoms with Gasteiger partial charge in [0.2, 0.25) is 0 Å². The molecule has 2 aromatic carbocycles. The number of pyridine rings is 1. The van der Waals surface area contributed by atoms with Crippen molar-refractivity contribution < 1.29 is 4.79 Å². The summed E-state index contributed by atoms with van der Waals surface area (Å²) < 4.78 is 0. The van der Waals surface area contributed by atoms with Crippen LogP contribution in [0.1, 0.15) is 21.5 Å². The minimum Gasteiger partial charge on any atom is -0.289 e. The second-order valence-corrected chi connectivity index (χ2v) is 5.36. The molecule has 1 aliphatic carbocycles. The molecule has 2 heteroatoms. The van der Waals surface area contributed by atoms with Crippen LogP contribution in [0.5, 0.6) is 0 Å². The van der Waals surface area contributed by atoms with Crippen LogP contribution in [0.3, 0.4) is 0 Å². The Kier molecular flexibility index (Phi) is 2.51. The second kappa shape index (κ2) is 4.38. The monoisotopic (exact) mass is 271 g/mol. The molecule has 0 N–H and O–H groups in total. The zero-order valence-electron chi connectivity index (χ0n) is 11.6. The van der Waals surface area contributed by atoms with Crippen LogP contribution >= 0.6 is 0 Å². The van der Waals surface area contributed by atoms with Gasteiger partial charge in [0.25, 0.3) is 0 Å². The molecule has 1 aromatic heterocycles. The van der Waals surface area contributed by atoms with Crippen LogP contribution in [0.2, 0.25) is 0 Å². The molecule has 0 spiro atoms. The number of fused-ring (bicyclic) bond motifs is 3. The van der Waals surface area contributed by atoms with E-state index >= 15 is 0 Å². The molecule has 4 rings (SSSR count). The number of hydrogen-bond donors (Lipinski definition) is 0. The van der Waals surface area contributed by atoms with Gasteiger partial charge in [-0.2, -0.15) is 0 Å². The summed E-state index contributed by atoms with van der Waals surface area (Å²) in [5.74, 6) is 0.0944. The highest BCUT2D eigenvalue weighted by atomic mass is 16.1. The first-order chi connectivity index (χ1) is 10.2. The van der Waals surface area contributed by atoms with E-state index in [1.54, 1.807) is 0 Å². The van der Waals surface area contributed by atoms with Crippen LogP contribution in [-0.4, -0.2) is 10.8 Å². The number of hydrogen-bond acceptors (Lipinski definition) is 2. The smallest absolute Gasteiger partial charge is 0.194 e. The van der Waals surface area contributed by atoms with E-state index in [-0.39, 0.29) is 5.78 Å². The van der Waals surface area contributed by atoms with Crippen molar-refractivity contribution in [1.29, 1.82) is 0 Å². The molecule has 0 fully saturated rings. The quantitative estimate of drug-likeness (QED) is 0.517. The van der Waals surface area contributed by atoms with Gasteiger partial charge in [-0.25, -0.2) is 0 Å². The first-order valence-electron chi connectivity index (χ1n) is 6.95. The van der Waals surface area contributed by atoms with Crippen molar-refractivity contribution in [2.24, 2.45) is 0 Å². The summed E-state index contributed by atoms with van der Waals surface area (Å²) >= 11 is 0. The number of carbonyl (C=O) groups is 1.